The maximum Gasteiger partial charge on any atom is 0.260 e. The van der Waals surface area contributed by atoms with Gasteiger partial charge in [-0.3, -0.25) is 4.79 Å². The zero-order valence-electron chi connectivity index (χ0n) is 14.0. The summed E-state index contributed by atoms with van der Waals surface area (Å²) in [5.41, 5.74) is 8.20. The number of hydrazine groups is 1. The number of nitrogen functional groups attached to an aromatic ring is 1. The summed E-state index contributed by atoms with van der Waals surface area (Å²) in [6.45, 7) is 1.83. The predicted octanol–water partition coefficient (Wildman–Crippen LogP) is 0.639. The Morgan fingerprint density at radius 1 is 1.31 bits per heavy atom. The van der Waals surface area contributed by atoms with Crippen molar-refractivity contribution in [1.29, 1.82) is 0 Å². The second-order valence-corrected chi connectivity index (χ2v) is 5.98. The molecule has 0 bridgehead atoms. The van der Waals surface area contributed by atoms with E-state index < -0.39 is 0 Å². The summed E-state index contributed by atoms with van der Waals surface area (Å²) in [6.07, 6.45) is 1.25. The number of ether oxygens (including phenoxy) is 1. The molecule has 0 fully saturated rings. The Bertz CT molecular complexity index is 872. The maximum atomic E-state index is 12.1. The first-order chi connectivity index (χ1) is 12.7. The molecule has 0 atom stereocenters. The van der Waals surface area contributed by atoms with Gasteiger partial charge in [0.15, 0.2) is 0 Å². The van der Waals surface area contributed by atoms with Crippen LogP contribution in [-0.4, -0.2) is 46.9 Å². The average Bonchev–Trinajstić information content (AvgIpc) is 2.90. The Hall–Kier alpha value is -3.20. The number of amides is 1. The van der Waals surface area contributed by atoms with E-state index in [1.165, 1.54) is 0 Å². The van der Waals surface area contributed by atoms with E-state index in [1.54, 1.807) is 0 Å². The topological polar surface area (TPSA) is 114 Å². The average molecular weight is 354 g/mol. The van der Waals surface area contributed by atoms with Crippen molar-refractivity contribution in [2.24, 2.45) is 0 Å². The van der Waals surface area contributed by atoms with Crippen molar-refractivity contribution in [3.05, 3.63) is 35.4 Å². The third-order valence-corrected chi connectivity index (χ3v) is 4.30. The largest absolute Gasteiger partial charge is 0.475 e. The van der Waals surface area contributed by atoms with Crippen LogP contribution in [0.25, 0.3) is 0 Å². The number of carbonyl (C=O) groups is 2. The molecule has 2 aliphatic rings. The number of fused-ring (bicyclic) bond motifs is 2. The fraction of sp³-hybridized carbons (Fsp3) is 0.294. The van der Waals surface area contributed by atoms with Gasteiger partial charge in [-0.15, -0.1) is 0 Å². The smallest absolute Gasteiger partial charge is 0.260 e. The number of para-hydroxylation sites is 1. The molecule has 0 saturated carbocycles. The zero-order chi connectivity index (χ0) is 18.1. The number of nitrogens with zero attached hydrogens (tertiary/aromatic N) is 4. The maximum absolute atomic E-state index is 12.1. The first kappa shape index (κ1) is 16.3. The minimum atomic E-state index is -0.346. The van der Waals surface area contributed by atoms with Gasteiger partial charge in [-0.2, -0.15) is 9.97 Å². The van der Waals surface area contributed by atoms with Crippen LogP contribution >= 0.6 is 0 Å². The molecule has 1 aromatic heterocycles. The molecule has 0 radical (unpaired) electrons. The van der Waals surface area contributed by atoms with Gasteiger partial charge in [-0.25, -0.2) is 10.0 Å². The zero-order valence-corrected chi connectivity index (χ0v) is 14.0. The van der Waals surface area contributed by atoms with Crippen LogP contribution in [-0.2, 0) is 11.3 Å². The standard InChI is InChI=1S/C17H18N6O3/c18-14-13-15(25)19-6-9-26-16(13)21-17(20-14)23-12-5-2-1-4-11(12)10-22(23)7-3-8-24/h1-2,4-5,8H,3,6-7,9-10H2,(H,19,25)(H2,18,20,21). The lowest BCUT2D eigenvalue weighted by Gasteiger charge is -2.28. The van der Waals surface area contributed by atoms with Crippen LogP contribution in [0.3, 0.4) is 0 Å². The molecule has 1 aromatic carbocycles. The molecule has 3 heterocycles. The molecule has 9 heteroatoms. The van der Waals surface area contributed by atoms with Gasteiger partial charge in [0.2, 0.25) is 11.8 Å². The van der Waals surface area contributed by atoms with Crippen molar-refractivity contribution in [2.45, 2.75) is 13.0 Å². The summed E-state index contributed by atoms with van der Waals surface area (Å²) in [4.78, 5) is 31.8. The normalized spacial score (nSPS) is 16.3. The Labute approximate surface area is 149 Å². The van der Waals surface area contributed by atoms with Gasteiger partial charge < -0.3 is 20.6 Å². The second kappa shape index (κ2) is 6.60. The monoisotopic (exact) mass is 354 g/mol. The van der Waals surface area contributed by atoms with Gasteiger partial charge in [-0.1, -0.05) is 18.2 Å². The number of hydrogen-bond acceptors (Lipinski definition) is 8. The van der Waals surface area contributed by atoms with E-state index in [9.17, 15) is 9.59 Å². The first-order valence-corrected chi connectivity index (χ1v) is 8.34. The summed E-state index contributed by atoms with van der Waals surface area (Å²) in [5.74, 6) is 0.194. The molecule has 0 aliphatic carbocycles. The quantitative estimate of drug-likeness (QED) is 0.769. The highest BCUT2D eigenvalue weighted by molar-refractivity contribution is 6.01. The van der Waals surface area contributed by atoms with Crippen LogP contribution in [0, 0.1) is 0 Å². The van der Waals surface area contributed by atoms with Crippen LogP contribution in [0.15, 0.2) is 24.3 Å². The first-order valence-electron chi connectivity index (χ1n) is 8.34. The highest BCUT2D eigenvalue weighted by Gasteiger charge is 2.32. The predicted molar refractivity (Wildman–Crippen MR) is 93.9 cm³/mol. The van der Waals surface area contributed by atoms with E-state index in [0.29, 0.717) is 38.6 Å². The number of carbonyl (C=O) groups excluding carboxylic acids is 2. The number of aromatic nitrogens is 2. The van der Waals surface area contributed by atoms with Crippen molar-refractivity contribution in [3.8, 4) is 5.88 Å². The number of rotatable bonds is 4. The fourth-order valence-corrected chi connectivity index (χ4v) is 3.14. The molecule has 0 saturated heterocycles. The second-order valence-electron chi connectivity index (χ2n) is 5.98. The third kappa shape index (κ3) is 2.72. The van der Waals surface area contributed by atoms with Crippen molar-refractivity contribution in [1.82, 2.24) is 20.3 Å². The van der Waals surface area contributed by atoms with E-state index in [0.717, 1.165) is 17.5 Å². The Balaban J connectivity index is 1.79. The SMILES string of the molecule is Nc1nc(N2c3ccccc3CN2CCC=O)nc2c1C(=O)NCCO2. The van der Waals surface area contributed by atoms with Crippen molar-refractivity contribution >= 4 is 29.6 Å². The number of aldehydes is 1. The van der Waals surface area contributed by atoms with Crippen LogP contribution in [0.4, 0.5) is 17.5 Å². The molecule has 9 nitrogen and oxygen atoms in total. The lowest BCUT2D eigenvalue weighted by Crippen LogP contribution is -2.36. The van der Waals surface area contributed by atoms with Gasteiger partial charge in [0.25, 0.3) is 5.91 Å². The van der Waals surface area contributed by atoms with E-state index in [1.807, 2.05) is 34.3 Å². The summed E-state index contributed by atoms with van der Waals surface area (Å²) in [7, 11) is 0. The Kier molecular flexibility index (Phi) is 4.13. The molecule has 26 heavy (non-hydrogen) atoms. The number of nitrogens with two attached hydrogens (primary N) is 1. The van der Waals surface area contributed by atoms with Crippen LogP contribution < -0.4 is 20.8 Å². The summed E-state index contributed by atoms with van der Waals surface area (Å²) in [6, 6.07) is 7.85. The summed E-state index contributed by atoms with van der Waals surface area (Å²) >= 11 is 0. The van der Waals surface area contributed by atoms with Crippen LogP contribution in [0.5, 0.6) is 5.88 Å². The molecule has 1 amide bonds. The molecule has 2 aliphatic heterocycles. The molecule has 3 N–H and O–H groups in total. The highest BCUT2D eigenvalue weighted by Crippen LogP contribution is 2.37. The third-order valence-electron chi connectivity index (χ3n) is 4.30. The van der Waals surface area contributed by atoms with E-state index in [-0.39, 0.29) is 23.2 Å². The molecular weight excluding hydrogens is 336 g/mol. The van der Waals surface area contributed by atoms with E-state index in [4.69, 9.17) is 10.5 Å². The summed E-state index contributed by atoms with van der Waals surface area (Å²) in [5, 5.41) is 6.49. The molecular formula is C17H18N6O3. The van der Waals surface area contributed by atoms with E-state index >= 15 is 0 Å². The number of anilines is 3. The highest BCUT2D eigenvalue weighted by atomic mass is 16.5. The summed E-state index contributed by atoms with van der Waals surface area (Å²) < 4.78 is 5.59. The lowest BCUT2D eigenvalue weighted by molar-refractivity contribution is -0.108. The number of benzene rings is 1. The Morgan fingerprint density at radius 2 is 2.15 bits per heavy atom. The van der Waals surface area contributed by atoms with Gasteiger partial charge >= 0.3 is 0 Å². The van der Waals surface area contributed by atoms with Gasteiger partial charge in [0.1, 0.15) is 24.3 Å². The molecule has 2 aromatic rings. The number of nitrogens with one attached hydrogen (secondary N) is 1. The fourth-order valence-electron chi connectivity index (χ4n) is 3.14. The van der Waals surface area contributed by atoms with Crippen molar-refractivity contribution in [2.75, 3.05) is 30.4 Å². The van der Waals surface area contributed by atoms with Crippen LogP contribution in [0.1, 0.15) is 22.3 Å². The minimum Gasteiger partial charge on any atom is -0.475 e. The molecule has 0 spiro atoms. The number of hydrogen-bond donors (Lipinski definition) is 2. The van der Waals surface area contributed by atoms with Crippen LogP contribution in [0.2, 0.25) is 0 Å². The van der Waals surface area contributed by atoms with Gasteiger partial charge in [0.05, 0.1) is 12.2 Å². The van der Waals surface area contributed by atoms with Crippen molar-refractivity contribution in [3.63, 3.8) is 0 Å². The van der Waals surface area contributed by atoms with E-state index in [2.05, 4.69) is 15.3 Å². The van der Waals surface area contributed by atoms with Gasteiger partial charge in [0, 0.05) is 19.5 Å². The van der Waals surface area contributed by atoms with Crippen molar-refractivity contribution < 1.29 is 14.3 Å². The molecule has 4 rings (SSSR count). The Morgan fingerprint density at radius 3 is 3.00 bits per heavy atom. The van der Waals surface area contributed by atoms with Gasteiger partial charge in [-0.05, 0) is 11.6 Å². The molecule has 134 valence electrons. The lowest BCUT2D eigenvalue weighted by atomic mass is 10.2. The minimum absolute atomic E-state index is 0.0594. The molecule has 0 unspecified atom stereocenters.